The summed E-state index contributed by atoms with van der Waals surface area (Å²) in [5, 5.41) is 48.1. The predicted molar refractivity (Wildman–Crippen MR) is 196 cm³/mol. The number of nitrogens with one attached hydrogen (secondary N) is 2. The van der Waals surface area contributed by atoms with Crippen LogP contribution in [0.15, 0.2) is 77.8 Å². The van der Waals surface area contributed by atoms with Crippen LogP contribution < -0.4 is 20.1 Å². The number of aliphatic imine (C=N–C) groups is 1. The van der Waals surface area contributed by atoms with E-state index in [9.17, 15) is 30.0 Å². The minimum absolute atomic E-state index is 0.0621. The fraction of sp³-hybridized carbons (Fsp3) is 0.462. The number of rotatable bonds is 14. The molecule has 54 heavy (non-hydrogen) atoms. The fourth-order valence-corrected chi connectivity index (χ4v) is 6.43. The van der Waals surface area contributed by atoms with E-state index in [0.29, 0.717) is 23.0 Å². The Bertz CT molecular complexity index is 1710. The second kappa shape index (κ2) is 18.7. The molecule has 2 saturated heterocycles. The van der Waals surface area contributed by atoms with Crippen LogP contribution in [-0.4, -0.2) is 133 Å². The topological polar surface area (TPSA) is 207 Å². The summed E-state index contributed by atoms with van der Waals surface area (Å²) in [5.41, 5.74) is 3.40. The summed E-state index contributed by atoms with van der Waals surface area (Å²) < 4.78 is 34.2. The van der Waals surface area contributed by atoms with E-state index >= 15 is 0 Å². The average Bonchev–Trinajstić information content (AvgIpc) is 3.17. The Balaban J connectivity index is 1.29. The first-order chi connectivity index (χ1) is 25.9. The van der Waals surface area contributed by atoms with Gasteiger partial charge in [-0.2, -0.15) is 0 Å². The van der Waals surface area contributed by atoms with Gasteiger partial charge in [0.1, 0.15) is 53.9 Å². The average molecular weight is 752 g/mol. The summed E-state index contributed by atoms with van der Waals surface area (Å²) >= 11 is 0. The van der Waals surface area contributed by atoms with Crippen molar-refractivity contribution in [2.45, 2.75) is 81.9 Å². The Morgan fingerprint density at radius 2 is 1.41 bits per heavy atom. The monoisotopic (exact) mass is 751 g/mol. The molecule has 2 heterocycles. The Morgan fingerprint density at radius 3 is 1.96 bits per heavy atom. The molecule has 2 fully saturated rings. The van der Waals surface area contributed by atoms with Gasteiger partial charge in [-0.25, -0.2) is 0 Å². The second-order valence-electron chi connectivity index (χ2n) is 13.2. The van der Waals surface area contributed by atoms with Crippen LogP contribution in [0.1, 0.15) is 30.5 Å². The highest BCUT2D eigenvalue weighted by atomic mass is 16.7. The van der Waals surface area contributed by atoms with Crippen LogP contribution in [0, 0.1) is 6.92 Å². The molecule has 6 N–H and O–H groups in total. The number of nitrogens with zero attached hydrogens (tertiary/aromatic N) is 1. The lowest BCUT2D eigenvalue weighted by atomic mass is 9.92. The smallest absolute Gasteiger partial charge is 0.252 e. The summed E-state index contributed by atoms with van der Waals surface area (Å²) in [6.45, 7) is 4.56. The zero-order chi connectivity index (χ0) is 38.9. The molecule has 0 spiro atoms. The van der Waals surface area contributed by atoms with E-state index in [1.165, 1.54) is 14.0 Å². The summed E-state index contributed by atoms with van der Waals surface area (Å²) in [7, 11) is 2.85. The first-order valence-electron chi connectivity index (χ1n) is 17.7. The van der Waals surface area contributed by atoms with Gasteiger partial charge in [-0.3, -0.25) is 14.6 Å². The molecule has 5 rings (SSSR count). The molecule has 0 saturated carbocycles. The maximum atomic E-state index is 13.5. The van der Waals surface area contributed by atoms with Crippen molar-refractivity contribution in [1.82, 2.24) is 10.6 Å². The highest BCUT2D eigenvalue weighted by Crippen LogP contribution is 2.30. The van der Waals surface area contributed by atoms with Gasteiger partial charge in [0.25, 0.3) is 5.91 Å². The molecule has 292 valence electrons. The molecule has 15 heteroatoms. The van der Waals surface area contributed by atoms with E-state index in [1.807, 2.05) is 79.7 Å². The van der Waals surface area contributed by atoms with Crippen molar-refractivity contribution in [2.24, 2.45) is 4.99 Å². The summed E-state index contributed by atoms with van der Waals surface area (Å²) in [6.07, 6.45) is -12.2. The number of aliphatic hydroxyl groups excluding tert-OH is 4. The number of benzene rings is 3. The van der Waals surface area contributed by atoms with Crippen molar-refractivity contribution >= 4 is 17.5 Å². The number of amides is 2. The minimum atomic E-state index is -1.71. The number of hydrogen-bond donors (Lipinski definition) is 6. The first-order valence-corrected chi connectivity index (χ1v) is 17.7. The van der Waals surface area contributed by atoms with Gasteiger partial charge in [0, 0.05) is 31.7 Å². The minimum Gasteiger partial charge on any atom is -0.497 e. The second-order valence-corrected chi connectivity index (χ2v) is 13.2. The third-order valence-corrected chi connectivity index (χ3v) is 9.31. The summed E-state index contributed by atoms with van der Waals surface area (Å²) in [5.74, 6) is 0.932. The molecule has 2 aliphatic rings. The van der Waals surface area contributed by atoms with E-state index in [0.717, 1.165) is 16.7 Å². The maximum Gasteiger partial charge on any atom is 0.252 e. The van der Waals surface area contributed by atoms with Crippen LogP contribution in [0.4, 0.5) is 0 Å². The molecule has 0 radical (unpaired) electrons. The lowest BCUT2D eigenvalue weighted by Crippen LogP contribution is -2.68. The first kappa shape index (κ1) is 40.7. The summed E-state index contributed by atoms with van der Waals surface area (Å²) in [4.78, 5) is 30.3. The zero-order valence-electron chi connectivity index (χ0n) is 30.8. The number of aryl methyl sites for hydroxylation is 1. The van der Waals surface area contributed by atoms with Crippen molar-refractivity contribution < 1.29 is 58.4 Å². The third-order valence-electron chi connectivity index (χ3n) is 9.31. The van der Waals surface area contributed by atoms with Gasteiger partial charge >= 0.3 is 0 Å². The number of carbonyl (C=O) groups is 2. The predicted octanol–water partition coefficient (Wildman–Crippen LogP) is 1.24. The van der Waals surface area contributed by atoms with Gasteiger partial charge in [-0.15, -0.1) is 0 Å². The molecule has 3 aromatic carbocycles. The van der Waals surface area contributed by atoms with Crippen molar-refractivity contribution in [3.8, 4) is 17.2 Å². The van der Waals surface area contributed by atoms with Crippen LogP contribution in [0.25, 0.3) is 0 Å². The van der Waals surface area contributed by atoms with Gasteiger partial charge in [0.15, 0.2) is 12.4 Å². The van der Waals surface area contributed by atoms with Crippen molar-refractivity contribution in [2.75, 3.05) is 33.9 Å². The number of aliphatic hydroxyl groups is 4. The molecule has 0 aromatic heterocycles. The lowest BCUT2D eigenvalue weighted by Gasteiger charge is -2.47. The largest absolute Gasteiger partial charge is 0.497 e. The molecule has 3 aromatic rings. The standard InChI is InChI=1S/C39H49N3O12/c1-21-6-12-27(13-7-21)52-28-16-10-25(11-17-28)31(24-8-14-26(49-4)15-9-24)40-18-19-41-38(48)37-36(50-5)33(46)34(47)39(54-37)53-35-30(42-23(3)44)22(2)51-29(20-43)32(35)45/h6-17,22,29-30,32-37,39,43,45-47H,18-20H2,1-5H3,(H,41,48)(H,42,44)/t22-,29-,30?,32+,33?,34?,35?,36-,37+,39+/m0/s1. The third kappa shape index (κ3) is 9.80. The number of ether oxygens (including phenoxy) is 6. The van der Waals surface area contributed by atoms with Crippen LogP contribution in [-0.2, 0) is 28.5 Å². The van der Waals surface area contributed by atoms with E-state index in [-0.39, 0.29) is 13.1 Å². The molecule has 10 atom stereocenters. The van der Waals surface area contributed by atoms with E-state index in [2.05, 4.69) is 10.6 Å². The molecule has 0 bridgehead atoms. The van der Waals surface area contributed by atoms with E-state index in [1.54, 1.807) is 14.0 Å². The molecule has 2 amide bonds. The molecular weight excluding hydrogens is 702 g/mol. The number of methoxy groups -OCH3 is 2. The Labute approximate surface area is 313 Å². The molecule has 4 unspecified atom stereocenters. The van der Waals surface area contributed by atoms with Gasteiger partial charge in [-0.1, -0.05) is 17.7 Å². The van der Waals surface area contributed by atoms with Crippen molar-refractivity contribution in [1.29, 1.82) is 0 Å². The van der Waals surface area contributed by atoms with E-state index in [4.69, 9.17) is 33.4 Å². The fourth-order valence-electron chi connectivity index (χ4n) is 6.43. The van der Waals surface area contributed by atoms with Gasteiger partial charge < -0.3 is 59.5 Å². The quantitative estimate of drug-likeness (QED) is 0.102. The van der Waals surface area contributed by atoms with Crippen molar-refractivity contribution in [3.05, 3.63) is 89.5 Å². The highest BCUT2D eigenvalue weighted by Gasteiger charge is 2.52. The molecule has 0 aliphatic carbocycles. The normalized spacial score (nSPS) is 28.6. The maximum absolute atomic E-state index is 13.5. The lowest BCUT2D eigenvalue weighted by molar-refractivity contribution is -0.325. The van der Waals surface area contributed by atoms with Crippen LogP contribution >= 0.6 is 0 Å². The number of hydrogen-bond acceptors (Lipinski definition) is 13. The summed E-state index contributed by atoms with van der Waals surface area (Å²) in [6, 6.07) is 21.7. The highest BCUT2D eigenvalue weighted by molar-refractivity contribution is 6.13. The molecular formula is C39H49N3O12. The van der Waals surface area contributed by atoms with E-state index < -0.39 is 79.6 Å². The Hall–Kier alpha value is -4.45. The van der Waals surface area contributed by atoms with Crippen molar-refractivity contribution in [3.63, 3.8) is 0 Å². The Morgan fingerprint density at radius 1 is 0.815 bits per heavy atom. The molecule has 2 aliphatic heterocycles. The van der Waals surface area contributed by atoms with Crippen LogP contribution in [0.5, 0.6) is 17.2 Å². The molecule has 15 nitrogen and oxygen atoms in total. The van der Waals surface area contributed by atoms with Crippen LogP contribution in [0.2, 0.25) is 0 Å². The van der Waals surface area contributed by atoms with Gasteiger partial charge in [0.2, 0.25) is 5.91 Å². The van der Waals surface area contributed by atoms with Gasteiger partial charge in [-0.05, 0) is 74.5 Å². The zero-order valence-corrected chi connectivity index (χ0v) is 30.8. The Kier molecular flexibility index (Phi) is 14.1. The SMILES string of the molecule is COc1ccc(C(=NCCNC(=O)[C@@H]2O[C@@H](OC3C(NC(C)=O)[C@H](C)O[C@@H](CO)[C@H]3O)C(O)C(O)[C@@H]2OC)c2ccc(Oc3ccc(C)cc3)cc2)cc1. The van der Waals surface area contributed by atoms with Gasteiger partial charge in [0.05, 0.1) is 38.1 Å². The number of carbonyl (C=O) groups excluding carboxylic acids is 2. The van der Waals surface area contributed by atoms with Crippen LogP contribution in [0.3, 0.4) is 0 Å².